The van der Waals surface area contributed by atoms with Gasteiger partial charge in [0, 0.05) is 49.3 Å². The first kappa shape index (κ1) is 34.8. The zero-order chi connectivity index (χ0) is 40.3. The summed E-state index contributed by atoms with van der Waals surface area (Å²) in [6.45, 7) is 0. The quantitative estimate of drug-likeness (QED) is 0.158. The van der Waals surface area contributed by atoms with Gasteiger partial charge in [-0.05, 0) is 58.7 Å². The molecule has 0 saturated carbocycles. The number of hydrogen-bond acceptors (Lipinski definition) is 3. The molecule has 9 aromatic carbocycles. The van der Waals surface area contributed by atoms with Crippen molar-refractivity contribution in [3.05, 3.63) is 218 Å². The molecule has 0 N–H and O–H groups in total. The second-order valence-electron chi connectivity index (χ2n) is 15.5. The van der Waals surface area contributed by atoms with E-state index < -0.39 is 0 Å². The van der Waals surface area contributed by atoms with Gasteiger partial charge in [-0.15, -0.1) is 0 Å². The van der Waals surface area contributed by atoms with Crippen LogP contribution in [0, 0.1) is 0 Å². The molecule has 0 aliphatic carbocycles. The first-order valence-electron chi connectivity index (χ1n) is 20.7. The summed E-state index contributed by atoms with van der Waals surface area (Å²) in [7, 11) is 0. The van der Waals surface area contributed by atoms with Crippen molar-refractivity contribution in [3.63, 3.8) is 0 Å². The Morgan fingerprint density at radius 1 is 0.295 bits per heavy atom. The molecule has 284 valence electrons. The molecule has 0 saturated heterocycles. The molecule has 0 spiro atoms. The van der Waals surface area contributed by atoms with Gasteiger partial charge < -0.3 is 4.57 Å². The maximum Gasteiger partial charge on any atom is 0.0995 e. The third kappa shape index (κ3) is 5.80. The monoisotopic (exact) mass is 776 g/mol. The van der Waals surface area contributed by atoms with Crippen molar-refractivity contribution in [1.29, 1.82) is 0 Å². The van der Waals surface area contributed by atoms with Gasteiger partial charge in [0.15, 0.2) is 0 Å². The largest absolute Gasteiger partial charge is 0.309 e. The number of para-hydroxylation sites is 3. The van der Waals surface area contributed by atoms with Gasteiger partial charge in [-0.3, -0.25) is 0 Å². The summed E-state index contributed by atoms with van der Waals surface area (Å²) in [6, 6.07) is 77.1. The number of rotatable bonds is 6. The Bertz CT molecular complexity index is 3540. The second kappa shape index (κ2) is 14.3. The molecule has 0 aliphatic rings. The molecule has 4 nitrogen and oxygen atoms in total. The van der Waals surface area contributed by atoms with Gasteiger partial charge in [-0.2, -0.15) is 0 Å². The molecule has 0 unspecified atom stereocenters. The highest BCUT2D eigenvalue weighted by Gasteiger charge is 2.22. The van der Waals surface area contributed by atoms with Crippen molar-refractivity contribution >= 4 is 54.5 Å². The Balaban J connectivity index is 1.06. The minimum Gasteiger partial charge on any atom is -0.309 e. The Kier molecular flexibility index (Phi) is 8.13. The first-order valence-corrected chi connectivity index (χ1v) is 20.7. The molecule has 0 atom stereocenters. The molecular weight excluding hydrogens is 741 g/mol. The van der Waals surface area contributed by atoms with Crippen LogP contribution in [-0.2, 0) is 0 Å². The highest BCUT2D eigenvalue weighted by molar-refractivity contribution is 6.25. The van der Waals surface area contributed by atoms with Crippen molar-refractivity contribution in [3.8, 4) is 61.7 Å². The third-order valence-corrected chi connectivity index (χ3v) is 12.0. The molecule has 12 rings (SSSR count). The van der Waals surface area contributed by atoms with Gasteiger partial charge in [0.25, 0.3) is 0 Å². The average Bonchev–Trinajstić information content (AvgIpc) is 3.68. The fourth-order valence-corrected chi connectivity index (χ4v) is 9.14. The molecular formula is C57H36N4. The first-order chi connectivity index (χ1) is 30.3. The van der Waals surface area contributed by atoms with E-state index >= 15 is 0 Å². The number of pyridine rings is 1. The van der Waals surface area contributed by atoms with Gasteiger partial charge in [0.1, 0.15) is 0 Å². The molecule has 4 heteroatoms. The number of hydrogen-bond donors (Lipinski definition) is 0. The Morgan fingerprint density at radius 3 is 1.34 bits per heavy atom. The number of benzene rings is 9. The Hall–Kier alpha value is -8.21. The lowest BCUT2D eigenvalue weighted by Gasteiger charge is -2.18. The van der Waals surface area contributed by atoms with E-state index in [-0.39, 0.29) is 0 Å². The van der Waals surface area contributed by atoms with Crippen LogP contribution in [0.5, 0.6) is 0 Å². The second-order valence-corrected chi connectivity index (χ2v) is 15.5. The molecule has 0 radical (unpaired) electrons. The average molecular weight is 777 g/mol. The zero-order valence-electron chi connectivity index (χ0n) is 33.1. The summed E-state index contributed by atoms with van der Waals surface area (Å²) >= 11 is 0. The topological polar surface area (TPSA) is 43.6 Å². The van der Waals surface area contributed by atoms with Gasteiger partial charge in [-0.25, -0.2) is 15.0 Å². The van der Waals surface area contributed by atoms with Crippen LogP contribution in [-0.4, -0.2) is 19.5 Å². The van der Waals surface area contributed by atoms with Crippen LogP contribution >= 0.6 is 0 Å². The van der Waals surface area contributed by atoms with Gasteiger partial charge >= 0.3 is 0 Å². The summed E-state index contributed by atoms with van der Waals surface area (Å²) in [5.74, 6) is 0. The van der Waals surface area contributed by atoms with E-state index in [1.165, 1.54) is 21.8 Å². The van der Waals surface area contributed by atoms with E-state index in [4.69, 9.17) is 15.0 Å². The van der Waals surface area contributed by atoms with Gasteiger partial charge in [-0.1, -0.05) is 182 Å². The lowest BCUT2D eigenvalue weighted by atomic mass is 9.91. The minimum atomic E-state index is 0.822. The van der Waals surface area contributed by atoms with Crippen molar-refractivity contribution in [2.24, 2.45) is 0 Å². The van der Waals surface area contributed by atoms with Crippen molar-refractivity contribution in [2.45, 2.75) is 0 Å². The summed E-state index contributed by atoms with van der Waals surface area (Å²) in [5.41, 5.74) is 16.2. The number of aromatic nitrogens is 4. The smallest absolute Gasteiger partial charge is 0.0995 e. The van der Waals surface area contributed by atoms with Crippen LogP contribution in [0.1, 0.15) is 0 Å². The number of fused-ring (bicyclic) bond motifs is 8. The fraction of sp³-hybridized carbons (Fsp3) is 0. The zero-order valence-corrected chi connectivity index (χ0v) is 33.1. The number of nitrogens with zero attached hydrogens (tertiary/aromatic N) is 4. The maximum absolute atomic E-state index is 5.61. The van der Waals surface area contributed by atoms with Crippen LogP contribution in [0.4, 0.5) is 0 Å². The van der Waals surface area contributed by atoms with Gasteiger partial charge in [0.2, 0.25) is 0 Å². The predicted molar refractivity (Wildman–Crippen MR) is 254 cm³/mol. The predicted octanol–water partition coefficient (Wildman–Crippen LogP) is 14.8. The van der Waals surface area contributed by atoms with Crippen LogP contribution in [0.3, 0.4) is 0 Å². The summed E-state index contributed by atoms with van der Waals surface area (Å²) in [6.07, 6.45) is 0. The van der Waals surface area contributed by atoms with Crippen molar-refractivity contribution in [2.75, 3.05) is 0 Å². The standard InChI is InChI=1S/C57H36N4/c1-4-16-39(17-5-1)47-36-49-57(60-56(41-20-8-3-9-21-41)55(59-49)40-18-6-2-7-19-40)53-52(47)46-24-10-13-25-48(46)58-54(53)42-30-28-37(29-31-42)38-32-34-43(35-33-38)61-50-26-14-11-22-44(50)45-23-12-15-27-51(45)61/h1-36H. The molecule has 3 aromatic heterocycles. The van der Waals surface area contributed by atoms with E-state index in [0.29, 0.717) is 0 Å². The van der Waals surface area contributed by atoms with Crippen LogP contribution in [0.2, 0.25) is 0 Å². The maximum atomic E-state index is 5.61. The van der Waals surface area contributed by atoms with Crippen molar-refractivity contribution in [1.82, 2.24) is 19.5 Å². The van der Waals surface area contributed by atoms with E-state index in [9.17, 15) is 0 Å². The van der Waals surface area contributed by atoms with E-state index in [0.717, 1.165) is 94.4 Å². The van der Waals surface area contributed by atoms with Crippen LogP contribution < -0.4 is 0 Å². The molecule has 3 heterocycles. The summed E-state index contributed by atoms with van der Waals surface area (Å²) in [5, 5.41) is 5.70. The van der Waals surface area contributed by atoms with Crippen LogP contribution in [0.15, 0.2) is 218 Å². The summed E-state index contributed by atoms with van der Waals surface area (Å²) in [4.78, 5) is 16.6. The van der Waals surface area contributed by atoms with E-state index in [1.807, 2.05) is 12.1 Å². The molecule has 12 aromatic rings. The highest BCUT2D eigenvalue weighted by atomic mass is 15.0. The normalized spacial score (nSPS) is 11.6. The lowest BCUT2D eigenvalue weighted by molar-refractivity contribution is 1.18. The van der Waals surface area contributed by atoms with E-state index in [2.05, 4.69) is 211 Å². The highest BCUT2D eigenvalue weighted by Crippen LogP contribution is 2.44. The summed E-state index contributed by atoms with van der Waals surface area (Å²) < 4.78 is 2.36. The van der Waals surface area contributed by atoms with Gasteiger partial charge in [0.05, 0.1) is 44.7 Å². The fourth-order valence-electron chi connectivity index (χ4n) is 9.14. The SMILES string of the molecule is c1ccc(-c2nc3cc(-c4ccccc4)c4c5ccccc5nc(-c5ccc(-c6ccc(-n7c8ccccc8c8ccccc87)cc6)cc5)c4c3nc2-c2ccccc2)cc1. The van der Waals surface area contributed by atoms with E-state index in [1.54, 1.807) is 0 Å². The molecule has 0 fully saturated rings. The minimum absolute atomic E-state index is 0.822. The lowest BCUT2D eigenvalue weighted by Crippen LogP contribution is -2.00. The third-order valence-electron chi connectivity index (χ3n) is 12.0. The molecule has 61 heavy (non-hydrogen) atoms. The Labute approximate surface area is 352 Å². The van der Waals surface area contributed by atoms with Crippen molar-refractivity contribution < 1.29 is 0 Å². The van der Waals surface area contributed by atoms with Crippen LogP contribution in [0.25, 0.3) is 116 Å². The molecule has 0 aliphatic heterocycles. The molecule has 0 amide bonds. The Morgan fingerprint density at radius 2 is 0.738 bits per heavy atom. The molecule has 0 bridgehead atoms.